The van der Waals surface area contributed by atoms with Crippen molar-refractivity contribution >= 4 is 29.2 Å². The number of fused-ring (bicyclic) bond motifs is 1. The lowest BCUT2D eigenvalue weighted by Crippen LogP contribution is -1.95. The number of aromatic carboxylic acids is 1. The lowest BCUT2D eigenvalue weighted by atomic mass is 10.2. The van der Waals surface area contributed by atoms with Crippen LogP contribution in [0.25, 0.3) is 23.3 Å². The maximum absolute atomic E-state index is 10.9. The van der Waals surface area contributed by atoms with Crippen molar-refractivity contribution in [2.45, 2.75) is 0 Å². The van der Waals surface area contributed by atoms with Gasteiger partial charge in [-0.25, -0.2) is 4.79 Å². The zero-order chi connectivity index (χ0) is 13.2. The number of benzene rings is 1. The number of carbonyl (C=O) groups is 1. The molecule has 2 N–H and O–H groups in total. The van der Waals surface area contributed by atoms with Gasteiger partial charge < -0.3 is 14.5 Å². The summed E-state index contributed by atoms with van der Waals surface area (Å²) in [5.41, 5.74) is 3.27. The van der Waals surface area contributed by atoms with Gasteiger partial charge in [0.05, 0.1) is 5.52 Å². The zero-order valence-electron chi connectivity index (χ0n) is 9.96. The molecular formula is C15H11NO3. The number of hydrogen-bond acceptors (Lipinski definition) is 2. The van der Waals surface area contributed by atoms with Gasteiger partial charge in [0.2, 0.25) is 0 Å². The molecule has 0 radical (unpaired) electrons. The molecule has 0 saturated heterocycles. The predicted molar refractivity (Wildman–Crippen MR) is 72.9 cm³/mol. The van der Waals surface area contributed by atoms with E-state index in [-0.39, 0.29) is 5.69 Å². The maximum atomic E-state index is 10.9. The standard InChI is InChI=1S/C15H11NO3/c17-15(18)12-8-13-14(16-12)11(9-19-13)7-6-10-4-2-1-3-5-10/h1-9,16H,(H,17,18). The van der Waals surface area contributed by atoms with E-state index in [1.165, 1.54) is 6.07 Å². The second-order valence-corrected chi connectivity index (χ2v) is 4.16. The number of furan rings is 1. The highest BCUT2D eigenvalue weighted by atomic mass is 16.4. The first-order valence-corrected chi connectivity index (χ1v) is 5.80. The second-order valence-electron chi connectivity index (χ2n) is 4.16. The van der Waals surface area contributed by atoms with Crippen LogP contribution in [0.3, 0.4) is 0 Å². The van der Waals surface area contributed by atoms with E-state index in [0.717, 1.165) is 11.1 Å². The Labute approximate surface area is 109 Å². The van der Waals surface area contributed by atoms with Gasteiger partial charge in [0, 0.05) is 11.6 Å². The Balaban J connectivity index is 1.97. The van der Waals surface area contributed by atoms with Gasteiger partial charge in [-0.05, 0) is 11.6 Å². The Morgan fingerprint density at radius 2 is 2.00 bits per heavy atom. The highest BCUT2D eigenvalue weighted by Gasteiger charge is 2.12. The van der Waals surface area contributed by atoms with Crippen molar-refractivity contribution in [1.82, 2.24) is 4.98 Å². The summed E-state index contributed by atoms with van der Waals surface area (Å²) in [7, 11) is 0. The third-order valence-corrected chi connectivity index (χ3v) is 2.87. The normalized spacial score (nSPS) is 11.4. The first kappa shape index (κ1) is 11.3. The Morgan fingerprint density at radius 3 is 2.74 bits per heavy atom. The zero-order valence-corrected chi connectivity index (χ0v) is 9.96. The van der Waals surface area contributed by atoms with Crippen LogP contribution in [0.15, 0.2) is 47.1 Å². The van der Waals surface area contributed by atoms with Crippen molar-refractivity contribution in [3.8, 4) is 0 Å². The summed E-state index contributed by atoms with van der Waals surface area (Å²) in [6.07, 6.45) is 5.45. The van der Waals surface area contributed by atoms with E-state index in [1.807, 2.05) is 42.5 Å². The average molecular weight is 253 g/mol. The van der Waals surface area contributed by atoms with Crippen LogP contribution in [0.2, 0.25) is 0 Å². The lowest BCUT2D eigenvalue weighted by Gasteiger charge is -1.91. The number of hydrogen-bond donors (Lipinski definition) is 2. The largest absolute Gasteiger partial charge is 0.477 e. The van der Waals surface area contributed by atoms with E-state index in [9.17, 15) is 4.79 Å². The smallest absolute Gasteiger partial charge is 0.352 e. The molecule has 0 aliphatic heterocycles. The van der Waals surface area contributed by atoms with Crippen LogP contribution >= 0.6 is 0 Å². The van der Waals surface area contributed by atoms with Gasteiger partial charge in [-0.15, -0.1) is 0 Å². The molecule has 0 amide bonds. The van der Waals surface area contributed by atoms with Crippen LogP contribution < -0.4 is 0 Å². The summed E-state index contributed by atoms with van der Waals surface area (Å²) < 4.78 is 5.32. The molecule has 3 aromatic rings. The van der Waals surface area contributed by atoms with Gasteiger partial charge in [0.25, 0.3) is 0 Å². The molecule has 0 aliphatic carbocycles. The lowest BCUT2D eigenvalue weighted by molar-refractivity contribution is 0.0691. The molecule has 0 spiro atoms. The van der Waals surface area contributed by atoms with Crippen molar-refractivity contribution in [1.29, 1.82) is 0 Å². The number of rotatable bonds is 3. The third kappa shape index (κ3) is 2.15. The highest BCUT2D eigenvalue weighted by molar-refractivity contribution is 5.95. The average Bonchev–Trinajstić information content (AvgIpc) is 2.98. The molecule has 3 rings (SSSR count). The molecule has 0 bridgehead atoms. The van der Waals surface area contributed by atoms with Crippen LogP contribution in [0.1, 0.15) is 21.6 Å². The maximum Gasteiger partial charge on any atom is 0.352 e. The molecule has 0 unspecified atom stereocenters. The van der Waals surface area contributed by atoms with Gasteiger partial charge in [0.15, 0.2) is 5.58 Å². The van der Waals surface area contributed by atoms with Crippen LogP contribution in [-0.4, -0.2) is 16.1 Å². The fourth-order valence-electron chi connectivity index (χ4n) is 1.92. The topological polar surface area (TPSA) is 66.2 Å². The molecule has 0 atom stereocenters. The van der Waals surface area contributed by atoms with Crippen molar-refractivity contribution < 1.29 is 14.3 Å². The summed E-state index contributed by atoms with van der Waals surface area (Å²) in [4.78, 5) is 13.7. The van der Waals surface area contributed by atoms with Crippen molar-refractivity contribution in [2.24, 2.45) is 0 Å². The first-order valence-electron chi connectivity index (χ1n) is 5.80. The molecule has 2 heterocycles. The second kappa shape index (κ2) is 4.49. The molecule has 0 saturated carbocycles. The van der Waals surface area contributed by atoms with Crippen molar-refractivity contribution in [3.05, 3.63) is 59.5 Å². The first-order chi connectivity index (χ1) is 9.24. The molecule has 1 aromatic carbocycles. The summed E-state index contributed by atoms with van der Waals surface area (Å²) >= 11 is 0. The minimum atomic E-state index is -0.996. The van der Waals surface area contributed by atoms with Gasteiger partial charge >= 0.3 is 5.97 Å². The van der Waals surface area contributed by atoms with Gasteiger partial charge in [0.1, 0.15) is 12.0 Å². The fraction of sp³-hybridized carbons (Fsp3) is 0. The quantitative estimate of drug-likeness (QED) is 0.749. The molecule has 94 valence electrons. The van der Waals surface area contributed by atoms with E-state index in [2.05, 4.69) is 4.98 Å². The van der Waals surface area contributed by atoms with Gasteiger partial charge in [-0.3, -0.25) is 0 Å². The fourth-order valence-corrected chi connectivity index (χ4v) is 1.92. The molecule has 0 fully saturated rings. The Hall–Kier alpha value is -2.75. The monoisotopic (exact) mass is 253 g/mol. The number of nitrogens with one attached hydrogen (secondary N) is 1. The summed E-state index contributed by atoms with van der Waals surface area (Å²) in [5, 5.41) is 8.91. The van der Waals surface area contributed by atoms with E-state index >= 15 is 0 Å². The minimum Gasteiger partial charge on any atom is -0.477 e. The van der Waals surface area contributed by atoms with Crippen LogP contribution in [0.4, 0.5) is 0 Å². The van der Waals surface area contributed by atoms with E-state index in [4.69, 9.17) is 9.52 Å². The van der Waals surface area contributed by atoms with E-state index in [1.54, 1.807) is 6.26 Å². The van der Waals surface area contributed by atoms with E-state index in [0.29, 0.717) is 11.1 Å². The summed E-state index contributed by atoms with van der Waals surface area (Å²) in [6.45, 7) is 0. The Kier molecular flexibility index (Phi) is 2.68. The molecule has 4 nitrogen and oxygen atoms in total. The van der Waals surface area contributed by atoms with Crippen molar-refractivity contribution in [2.75, 3.05) is 0 Å². The number of carboxylic acids is 1. The Morgan fingerprint density at radius 1 is 1.21 bits per heavy atom. The number of H-pyrrole nitrogens is 1. The van der Waals surface area contributed by atoms with Crippen molar-refractivity contribution in [3.63, 3.8) is 0 Å². The molecule has 0 aliphatic rings. The highest BCUT2D eigenvalue weighted by Crippen LogP contribution is 2.23. The summed E-state index contributed by atoms with van der Waals surface area (Å²) in [6, 6.07) is 11.3. The number of aromatic amines is 1. The van der Waals surface area contributed by atoms with E-state index < -0.39 is 5.97 Å². The molecule has 4 heteroatoms. The van der Waals surface area contributed by atoms with Gasteiger partial charge in [-0.2, -0.15) is 0 Å². The predicted octanol–water partition coefficient (Wildman–Crippen LogP) is 3.63. The van der Waals surface area contributed by atoms with Crippen LogP contribution in [-0.2, 0) is 0 Å². The SMILES string of the molecule is O=C(O)c1cc2occ(C=Cc3ccccc3)c2[nH]1. The van der Waals surface area contributed by atoms with Crippen LogP contribution in [0, 0.1) is 0 Å². The third-order valence-electron chi connectivity index (χ3n) is 2.87. The number of aromatic nitrogens is 1. The minimum absolute atomic E-state index is 0.128. The van der Waals surface area contributed by atoms with Crippen LogP contribution in [0.5, 0.6) is 0 Å². The van der Waals surface area contributed by atoms with Gasteiger partial charge in [-0.1, -0.05) is 36.4 Å². The Bertz CT molecular complexity index is 750. The molecular weight excluding hydrogens is 242 g/mol. The molecule has 2 aromatic heterocycles. The molecule has 19 heavy (non-hydrogen) atoms. The number of carboxylic acid groups (broad SMARTS) is 1. The summed E-state index contributed by atoms with van der Waals surface area (Å²) in [5.74, 6) is -0.996.